The molecule has 0 atom stereocenters. The average molecular weight is 180 g/mol. The lowest BCUT2D eigenvalue weighted by Gasteiger charge is -2.04. The minimum absolute atomic E-state index is 0.00369. The Hall–Kier alpha value is -0.780. The summed E-state index contributed by atoms with van der Waals surface area (Å²) in [5.74, 6) is 6.15. The summed E-state index contributed by atoms with van der Waals surface area (Å²) in [6.07, 6.45) is 6.66. The molecule has 2 heteroatoms. The molecule has 13 heavy (non-hydrogen) atoms. The summed E-state index contributed by atoms with van der Waals surface area (Å²) in [6, 6.07) is 0. The lowest BCUT2D eigenvalue weighted by molar-refractivity contribution is -0.0453. The SMILES string of the molecule is C/C=C/CC#CCCC1OCCO1. The van der Waals surface area contributed by atoms with Crippen LogP contribution in [0.3, 0.4) is 0 Å². The van der Waals surface area contributed by atoms with Gasteiger partial charge in [-0.3, -0.25) is 0 Å². The van der Waals surface area contributed by atoms with E-state index in [2.05, 4.69) is 17.9 Å². The van der Waals surface area contributed by atoms with Gasteiger partial charge in [0, 0.05) is 19.3 Å². The first-order valence-electron chi connectivity index (χ1n) is 4.73. The maximum Gasteiger partial charge on any atom is 0.158 e. The molecule has 0 aromatic rings. The summed E-state index contributed by atoms with van der Waals surface area (Å²) >= 11 is 0. The zero-order valence-corrected chi connectivity index (χ0v) is 8.08. The standard InChI is InChI=1S/C11H16O2/c1-2-3-4-5-6-7-8-11-12-9-10-13-11/h2-3,11H,4,7-10H2,1H3/b3-2+. The van der Waals surface area contributed by atoms with Crippen LogP contribution in [0.2, 0.25) is 0 Å². The zero-order valence-electron chi connectivity index (χ0n) is 8.08. The number of allylic oxidation sites excluding steroid dienone is 2. The Morgan fingerprint density at radius 1 is 1.31 bits per heavy atom. The molecule has 1 aliphatic heterocycles. The van der Waals surface area contributed by atoms with Gasteiger partial charge in [0.25, 0.3) is 0 Å². The molecule has 1 saturated heterocycles. The third-order valence-corrected chi connectivity index (χ3v) is 1.78. The molecule has 1 aliphatic rings. The normalized spacial score (nSPS) is 17.6. The molecule has 0 N–H and O–H groups in total. The number of ether oxygens (including phenoxy) is 2. The number of rotatable bonds is 3. The molecular formula is C11H16O2. The Morgan fingerprint density at radius 2 is 2.08 bits per heavy atom. The van der Waals surface area contributed by atoms with Crippen molar-refractivity contribution in [2.45, 2.75) is 32.5 Å². The van der Waals surface area contributed by atoms with Gasteiger partial charge in [0.1, 0.15) is 0 Å². The molecule has 0 spiro atoms. The van der Waals surface area contributed by atoms with Crippen molar-refractivity contribution in [2.75, 3.05) is 13.2 Å². The van der Waals surface area contributed by atoms with Gasteiger partial charge in [-0.1, -0.05) is 18.1 Å². The second kappa shape index (κ2) is 6.71. The largest absolute Gasteiger partial charge is 0.350 e. The van der Waals surface area contributed by atoms with Crippen molar-refractivity contribution in [3.8, 4) is 11.8 Å². The van der Waals surface area contributed by atoms with E-state index in [-0.39, 0.29) is 6.29 Å². The minimum Gasteiger partial charge on any atom is -0.350 e. The Morgan fingerprint density at radius 3 is 2.77 bits per heavy atom. The highest BCUT2D eigenvalue weighted by Gasteiger charge is 2.13. The van der Waals surface area contributed by atoms with Crippen LogP contribution in [0.15, 0.2) is 12.2 Å². The molecule has 0 aromatic carbocycles. The van der Waals surface area contributed by atoms with E-state index in [4.69, 9.17) is 9.47 Å². The van der Waals surface area contributed by atoms with Gasteiger partial charge in [-0.05, 0) is 6.92 Å². The minimum atomic E-state index is -0.00369. The van der Waals surface area contributed by atoms with Crippen LogP contribution in [0.5, 0.6) is 0 Å². The summed E-state index contributed by atoms with van der Waals surface area (Å²) in [7, 11) is 0. The molecule has 0 amide bonds. The Kier molecular flexibility index (Phi) is 5.31. The molecule has 72 valence electrons. The van der Waals surface area contributed by atoms with Crippen molar-refractivity contribution >= 4 is 0 Å². The molecule has 0 aromatic heterocycles. The summed E-state index contributed by atoms with van der Waals surface area (Å²) in [5.41, 5.74) is 0. The summed E-state index contributed by atoms with van der Waals surface area (Å²) in [6.45, 7) is 3.47. The second-order valence-electron chi connectivity index (χ2n) is 2.84. The predicted octanol–water partition coefficient (Wildman–Crippen LogP) is 2.11. The van der Waals surface area contributed by atoms with Crippen LogP contribution in [-0.2, 0) is 9.47 Å². The van der Waals surface area contributed by atoms with Crippen molar-refractivity contribution in [2.24, 2.45) is 0 Å². The first kappa shape index (κ1) is 10.3. The van der Waals surface area contributed by atoms with E-state index in [0.717, 1.165) is 32.5 Å². The van der Waals surface area contributed by atoms with Gasteiger partial charge in [-0.2, -0.15) is 0 Å². The molecule has 0 unspecified atom stereocenters. The van der Waals surface area contributed by atoms with Crippen LogP contribution < -0.4 is 0 Å². The van der Waals surface area contributed by atoms with E-state index in [1.165, 1.54) is 0 Å². The van der Waals surface area contributed by atoms with Gasteiger partial charge in [0.2, 0.25) is 0 Å². The Balaban J connectivity index is 2.00. The van der Waals surface area contributed by atoms with Gasteiger partial charge in [-0.25, -0.2) is 0 Å². The van der Waals surface area contributed by atoms with Crippen LogP contribution in [0.1, 0.15) is 26.2 Å². The van der Waals surface area contributed by atoms with Crippen molar-refractivity contribution in [1.29, 1.82) is 0 Å². The summed E-state index contributed by atoms with van der Waals surface area (Å²) in [5, 5.41) is 0. The van der Waals surface area contributed by atoms with E-state index in [1.54, 1.807) is 0 Å². The fourth-order valence-electron chi connectivity index (χ4n) is 1.10. The third kappa shape index (κ3) is 4.72. The topological polar surface area (TPSA) is 18.5 Å². The van der Waals surface area contributed by atoms with E-state index < -0.39 is 0 Å². The monoisotopic (exact) mass is 180 g/mol. The van der Waals surface area contributed by atoms with Gasteiger partial charge in [-0.15, -0.1) is 5.92 Å². The molecule has 0 saturated carbocycles. The Bertz CT molecular complexity index is 204. The lowest BCUT2D eigenvalue weighted by atomic mass is 10.3. The highest BCUT2D eigenvalue weighted by molar-refractivity contribution is 5.04. The van der Waals surface area contributed by atoms with Crippen molar-refractivity contribution in [3.63, 3.8) is 0 Å². The van der Waals surface area contributed by atoms with E-state index in [0.29, 0.717) is 0 Å². The highest BCUT2D eigenvalue weighted by Crippen LogP contribution is 2.08. The number of hydrogen-bond acceptors (Lipinski definition) is 2. The molecule has 1 fully saturated rings. The smallest absolute Gasteiger partial charge is 0.158 e. The van der Waals surface area contributed by atoms with Crippen LogP contribution in [0.4, 0.5) is 0 Å². The molecular weight excluding hydrogens is 164 g/mol. The van der Waals surface area contributed by atoms with Crippen LogP contribution in [-0.4, -0.2) is 19.5 Å². The molecule has 1 rings (SSSR count). The average Bonchev–Trinajstić information content (AvgIpc) is 2.63. The van der Waals surface area contributed by atoms with Gasteiger partial charge in [0.15, 0.2) is 6.29 Å². The first-order chi connectivity index (χ1) is 6.43. The van der Waals surface area contributed by atoms with E-state index in [9.17, 15) is 0 Å². The van der Waals surface area contributed by atoms with Crippen LogP contribution in [0, 0.1) is 11.8 Å². The van der Waals surface area contributed by atoms with Gasteiger partial charge >= 0.3 is 0 Å². The fourth-order valence-corrected chi connectivity index (χ4v) is 1.10. The summed E-state index contributed by atoms with van der Waals surface area (Å²) in [4.78, 5) is 0. The lowest BCUT2D eigenvalue weighted by Crippen LogP contribution is -2.05. The quantitative estimate of drug-likeness (QED) is 0.489. The molecule has 0 bridgehead atoms. The Labute approximate surface area is 79.9 Å². The maximum absolute atomic E-state index is 5.28. The van der Waals surface area contributed by atoms with Gasteiger partial charge in [0.05, 0.1) is 13.2 Å². The predicted molar refractivity (Wildman–Crippen MR) is 52.1 cm³/mol. The number of hydrogen-bond donors (Lipinski definition) is 0. The van der Waals surface area contributed by atoms with Crippen molar-refractivity contribution in [3.05, 3.63) is 12.2 Å². The van der Waals surface area contributed by atoms with Gasteiger partial charge < -0.3 is 9.47 Å². The van der Waals surface area contributed by atoms with E-state index >= 15 is 0 Å². The first-order valence-corrected chi connectivity index (χ1v) is 4.73. The highest BCUT2D eigenvalue weighted by atomic mass is 16.7. The molecule has 2 nitrogen and oxygen atoms in total. The fraction of sp³-hybridized carbons (Fsp3) is 0.636. The maximum atomic E-state index is 5.28. The van der Waals surface area contributed by atoms with E-state index in [1.807, 2.05) is 13.0 Å². The third-order valence-electron chi connectivity index (χ3n) is 1.78. The van der Waals surface area contributed by atoms with Crippen molar-refractivity contribution < 1.29 is 9.47 Å². The van der Waals surface area contributed by atoms with Crippen molar-refractivity contribution in [1.82, 2.24) is 0 Å². The van der Waals surface area contributed by atoms with Crippen LogP contribution in [0.25, 0.3) is 0 Å². The molecule has 0 radical (unpaired) electrons. The molecule has 0 aliphatic carbocycles. The zero-order chi connectivity index (χ0) is 9.36. The van der Waals surface area contributed by atoms with Crippen LogP contribution >= 0.6 is 0 Å². The summed E-state index contributed by atoms with van der Waals surface area (Å²) < 4.78 is 10.6. The second-order valence-corrected chi connectivity index (χ2v) is 2.84. The molecule has 1 heterocycles.